The molecule has 0 aliphatic rings. The summed E-state index contributed by atoms with van der Waals surface area (Å²) >= 11 is 0. The van der Waals surface area contributed by atoms with Crippen molar-refractivity contribution in [3.63, 3.8) is 0 Å². The number of hydrogen-bond donors (Lipinski definition) is 1. The fraction of sp³-hybridized carbons (Fsp3) is 0.118. The Hall–Kier alpha value is -3.15. The maximum absolute atomic E-state index is 11.5. The predicted molar refractivity (Wildman–Crippen MR) is 88.9 cm³/mol. The molecule has 2 heterocycles. The van der Waals surface area contributed by atoms with Crippen molar-refractivity contribution in [2.75, 3.05) is 5.32 Å². The Bertz CT molecular complexity index is 881. The molecule has 1 N–H and O–H groups in total. The molecular weight excluding hydrogens is 292 g/mol. The highest BCUT2D eigenvalue weighted by Gasteiger charge is 2.09. The van der Waals surface area contributed by atoms with Gasteiger partial charge in [-0.25, -0.2) is 4.79 Å². The van der Waals surface area contributed by atoms with Gasteiger partial charge in [0.25, 0.3) is 0 Å². The molecule has 6 heteroatoms. The summed E-state index contributed by atoms with van der Waals surface area (Å²) in [7, 11) is 1.88. The van der Waals surface area contributed by atoms with Crippen LogP contribution < -0.4 is 5.32 Å². The zero-order chi connectivity index (χ0) is 16.4. The summed E-state index contributed by atoms with van der Waals surface area (Å²) in [5, 5.41) is 7.93. The third kappa shape index (κ3) is 3.06. The third-order valence-electron chi connectivity index (χ3n) is 3.38. The van der Waals surface area contributed by atoms with Crippen LogP contribution in [-0.2, 0) is 11.8 Å². The van der Waals surface area contributed by atoms with Crippen LogP contribution in [0.4, 0.5) is 10.5 Å². The molecule has 2 aromatic heterocycles. The van der Waals surface area contributed by atoms with Gasteiger partial charge in [0.1, 0.15) is 0 Å². The first-order valence-electron chi connectivity index (χ1n) is 7.05. The fourth-order valence-electron chi connectivity index (χ4n) is 2.32. The van der Waals surface area contributed by atoms with E-state index in [1.807, 2.05) is 43.7 Å². The summed E-state index contributed by atoms with van der Waals surface area (Å²) in [6.07, 6.45) is 4.86. The van der Waals surface area contributed by atoms with Gasteiger partial charge in [0.05, 0.1) is 23.7 Å². The first kappa shape index (κ1) is 14.8. The average Bonchev–Trinajstić information content (AvgIpc) is 2.89. The number of fused-ring (bicyclic) bond motifs is 1. The maximum Gasteiger partial charge on any atom is 0.416 e. The van der Waals surface area contributed by atoms with Gasteiger partial charge < -0.3 is 4.74 Å². The van der Waals surface area contributed by atoms with E-state index < -0.39 is 6.09 Å². The molecule has 1 aromatic carbocycles. The van der Waals surface area contributed by atoms with Crippen molar-refractivity contribution < 1.29 is 9.53 Å². The molecule has 3 aromatic rings. The van der Waals surface area contributed by atoms with E-state index in [2.05, 4.69) is 22.0 Å². The topological polar surface area (TPSA) is 69.0 Å². The van der Waals surface area contributed by atoms with Gasteiger partial charge in [-0.1, -0.05) is 18.7 Å². The predicted octanol–water partition coefficient (Wildman–Crippen LogP) is 3.72. The molecule has 0 saturated heterocycles. The smallest absolute Gasteiger partial charge is 0.416 e. The SMILES string of the molecule is C=C(C)OC(=O)Nc1ccc(-c2cncc3c2cnn3C)cc1. The Kier molecular flexibility index (Phi) is 3.80. The van der Waals surface area contributed by atoms with Gasteiger partial charge in [0.2, 0.25) is 0 Å². The van der Waals surface area contributed by atoms with Gasteiger partial charge in [-0.2, -0.15) is 5.10 Å². The Labute approximate surface area is 133 Å². The number of hydrogen-bond acceptors (Lipinski definition) is 4. The molecule has 0 aliphatic heterocycles. The number of nitrogens with one attached hydrogen (secondary N) is 1. The second kappa shape index (κ2) is 5.92. The second-order valence-electron chi connectivity index (χ2n) is 5.18. The lowest BCUT2D eigenvalue weighted by Crippen LogP contribution is -2.12. The zero-order valence-electron chi connectivity index (χ0n) is 12.9. The van der Waals surface area contributed by atoms with Crippen molar-refractivity contribution in [1.82, 2.24) is 14.8 Å². The highest BCUT2D eigenvalue weighted by molar-refractivity contribution is 5.94. The molecule has 0 saturated carbocycles. The van der Waals surface area contributed by atoms with Crippen LogP contribution in [0.1, 0.15) is 6.92 Å². The van der Waals surface area contributed by atoms with Crippen LogP contribution in [-0.4, -0.2) is 20.9 Å². The van der Waals surface area contributed by atoms with Gasteiger partial charge in [0.15, 0.2) is 0 Å². The Balaban J connectivity index is 1.87. The lowest BCUT2D eigenvalue weighted by Gasteiger charge is -2.07. The standard InChI is InChI=1S/C17H16N4O2/c1-11(2)23-17(22)20-13-6-4-12(5-7-13)14-8-18-10-16-15(14)9-19-21(16)3/h4-10H,1H2,2-3H3,(H,20,22). The highest BCUT2D eigenvalue weighted by Crippen LogP contribution is 2.28. The highest BCUT2D eigenvalue weighted by atomic mass is 16.6. The van der Waals surface area contributed by atoms with Crippen LogP contribution >= 0.6 is 0 Å². The van der Waals surface area contributed by atoms with Gasteiger partial charge in [-0.3, -0.25) is 15.0 Å². The molecule has 0 spiro atoms. The minimum atomic E-state index is -0.554. The molecule has 0 fully saturated rings. The van der Waals surface area contributed by atoms with Crippen LogP contribution in [0.15, 0.2) is 55.2 Å². The van der Waals surface area contributed by atoms with Crippen molar-refractivity contribution in [3.8, 4) is 11.1 Å². The molecule has 0 bridgehead atoms. The minimum absolute atomic E-state index is 0.341. The van der Waals surface area contributed by atoms with Crippen LogP contribution in [0.2, 0.25) is 0 Å². The monoisotopic (exact) mass is 308 g/mol. The van der Waals surface area contributed by atoms with E-state index in [9.17, 15) is 4.79 Å². The minimum Gasteiger partial charge on any atom is -0.416 e. The number of aromatic nitrogens is 3. The van der Waals surface area contributed by atoms with Crippen molar-refractivity contribution in [2.24, 2.45) is 7.05 Å². The summed E-state index contributed by atoms with van der Waals surface area (Å²) in [6.45, 7) is 5.14. The van der Waals surface area contributed by atoms with E-state index in [0.29, 0.717) is 11.4 Å². The van der Waals surface area contributed by atoms with Gasteiger partial charge in [-0.15, -0.1) is 0 Å². The molecule has 0 radical (unpaired) electrons. The number of rotatable bonds is 3. The molecular formula is C17H16N4O2. The Morgan fingerprint density at radius 1 is 1.22 bits per heavy atom. The first-order chi connectivity index (χ1) is 11.0. The van der Waals surface area contributed by atoms with E-state index in [-0.39, 0.29) is 0 Å². The molecule has 116 valence electrons. The van der Waals surface area contributed by atoms with Crippen molar-refractivity contribution in [2.45, 2.75) is 6.92 Å². The van der Waals surface area contributed by atoms with Crippen LogP contribution in [0, 0.1) is 0 Å². The van der Waals surface area contributed by atoms with E-state index in [1.54, 1.807) is 17.8 Å². The summed E-state index contributed by atoms with van der Waals surface area (Å²) in [5.74, 6) is 0.341. The molecule has 0 aliphatic carbocycles. The summed E-state index contributed by atoms with van der Waals surface area (Å²) in [6, 6.07) is 7.45. The molecule has 0 unspecified atom stereocenters. The average molecular weight is 308 g/mol. The summed E-state index contributed by atoms with van der Waals surface area (Å²) in [5.41, 5.74) is 3.60. The van der Waals surface area contributed by atoms with Crippen molar-refractivity contribution in [3.05, 3.63) is 55.2 Å². The number of aryl methyl sites for hydroxylation is 1. The fourth-order valence-corrected chi connectivity index (χ4v) is 2.32. The normalized spacial score (nSPS) is 10.5. The molecule has 3 rings (SSSR count). The number of pyridine rings is 1. The van der Waals surface area contributed by atoms with Gasteiger partial charge >= 0.3 is 6.09 Å². The molecule has 1 amide bonds. The van der Waals surface area contributed by atoms with Crippen LogP contribution in [0.5, 0.6) is 0 Å². The van der Waals surface area contributed by atoms with E-state index in [0.717, 1.165) is 22.0 Å². The first-order valence-corrected chi connectivity index (χ1v) is 7.05. The Morgan fingerprint density at radius 2 is 1.96 bits per heavy atom. The summed E-state index contributed by atoms with van der Waals surface area (Å²) < 4.78 is 6.65. The molecule has 23 heavy (non-hydrogen) atoms. The number of benzene rings is 1. The quantitative estimate of drug-likeness (QED) is 0.749. The lowest BCUT2D eigenvalue weighted by atomic mass is 10.0. The van der Waals surface area contributed by atoms with Gasteiger partial charge in [0, 0.05) is 29.9 Å². The van der Waals surface area contributed by atoms with E-state index >= 15 is 0 Å². The van der Waals surface area contributed by atoms with Gasteiger partial charge in [-0.05, 0) is 24.6 Å². The van der Waals surface area contributed by atoms with E-state index in [1.165, 1.54) is 0 Å². The lowest BCUT2D eigenvalue weighted by molar-refractivity contribution is 0.192. The number of anilines is 1. The largest absolute Gasteiger partial charge is 0.416 e. The summed E-state index contributed by atoms with van der Waals surface area (Å²) in [4.78, 5) is 15.8. The van der Waals surface area contributed by atoms with E-state index in [4.69, 9.17) is 4.74 Å². The second-order valence-corrected chi connectivity index (χ2v) is 5.18. The number of carbonyl (C=O) groups is 1. The number of ether oxygens (including phenoxy) is 1. The molecule has 0 atom stereocenters. The molecule has 6 nitrogen and oxygen atoms in total. The van der Waals surface area contributed by atoms with Crippen LogP contribution in [0.25, 0.3) is 22.0 Å². The number of amides is 1. The Morgan fingerprint density at radius 3 is 2.65 bits per heavy atom. The third-order valence-corrected chi connectivity index (χ3v) is 3.38. The zero-order valence-corrected chi connectivity index (χ0v) is 12.9. The number of nitrogens with zero attached hydrogens (tertiary/aromatic N) is 3. The van der Waals surface area contributed by atoms with Crippen molar-refractivity contribution >= 4 is 22.7 Å². The number of allylic oxidation sites excluding steroid dienone is 1. The van der Waals surface area contributed by atoms with Crippen LogP contribution in [0.3, 0.4) is 0 Å². The number of carbonyl (C=O) groups excluding carboxylic acids is 1. The van der Waals surface area contributed by atoms with Crippen molar-refractivity contribution in [1.29, 1.82) is 0 Å². The maximum atomic E-state index is 11.5.